The second kappa shape index (κ2) is 10.1. The standard InChI is InChI=1S/C14H12O2.C9H10O/c15-13(11-7-3-1-4-8-11)14(16)12-9-5-2-6-10-12;1-2-9(10)8-6-4-3-5-7-8/h1-10,13,15H;3-7H,2H2,1H3. The van der Waals surface area contributed by atoms with Gasteiger partial charge in [0.25, 0.3) is 0 Å². The van der Waals surface area contributed by atoms with E-state index in [1.807, 2.05) is 49.4 Å². The van der Waals surface area contributed by atoms with Gasteiger partial charge in [0.2, 0.25) is 0 Å². The van der Waals surface area contributed by atoms with Crippen LogP contribution in [0.15, 0.2) is 91.0 Å². The third kappa shape index (κ3) is 5.50. The minimum atomic E-state index is -1.08. The zero-order valence-corrected chi connectivity index (χ0v) is 14.7. The Hall–Kier alpha value is -3.04. The minimum absolute atomic E-state index is 0.209. The molecule has 132 valence electrons. The van der Waals surface area contributed by atoms with Crippen molar-refractivity contribution >= 4 is 11.6 Å². The lowest BCUT2D eigenvalue weighted by Crippen LogP contribution is -2.11. The molecule has 0 amide bonds. The van der Waals surface area contributed by atoms with Crippen LogP contribution in [0.25, 0.3) is 0 Å². The summed E-state index contributed by atoms with van der Waals surface area (Å²) in [7, 11) is 0. The molecule has 0 fully saturated rings. The number of carbonyl (C=O) groups excluding carboxylic acids is 2. The number of benzene rings is 3. The van der Waals surface area contributed by atoms with Gasteiger partial charge in [-0.05, 0) is 5.56 Å². The molecule has 0 bridgehead atoms. The summed E-state index contributed by atoms with van der Waals surface area (Å²) in [6.07, 6.45) is -0.493. The van der Waals surface area contributed by atoms with Gasteiger partial charge in [0.1, 0.15) is 6.10 Å². The summed E-state index contributed by atoms with van der Waals surface area (Å²) < 4.78 is 0. The highest BCUT2D eigenvalue weighted by Crippen LogP contribution is 2.17. The molecule has 3 heteroatoms. The Kier molecular flexibility index (Phi) is 7.47. The van der Waals surface area contributed by atoms with Gasteiger partial charge < -0.3 is 5.11 Å². The van der Waals surface area contributed by atoms with Crippen molar-refractivity contribution in [1.82, 2.24) is 0 Å². The lowest BCUT2D eigenvalue weighted by Gasteiger charge is -2.09. The molecular formula is C23H22O3. The molecule has 0 aromatic heterocycles. The van der Waals surface area contributed by atoms with Crippen LogP contribution in [0.3, 0.4) is 0 Å². The van der Waals surface area contributed by atoms with Crippen molar-refractivity contribution in [3.8, 4) is 0 Å². The Morgan fingerprint density at radius 3 is 1.62 bits per heavy atom. The Morgan fingerprint density at radius 2 is 1.15 bits per heavy atom. The predicted octanol–water partition coefficient (Wildman–Crippen LogP) is 4.88. The molecule has 0 aliphatic rings. The molecule has 0 aliphatic heterocycles. The largest absolute Gasteiger partial charge is 0.380 e. The van der Waals surface area contributed by atoms with E-state index in [1.165, 1.54) is 0 Å². The molecule has 3 aromatic rings. The Labute approximate surface area is 153 Å². The van der Waals surface area contributed by atoms with E-state index in [1.54, 1.807) is 48.5 Å². The summed E-state index contributed by atoms with van der Waals surface area (Å²) in [6, 6.07) is 27.1. The summed E-state index contributed by atoms with van der Waals surface area (Å²) in [5.41, 5.74) is 1.96. The number of hydrogen-bond donors (Lipinski definition) is 1. The first-order chi connectivity index (χ1) is 12.6. The van der Waals surface area contributed by atoms with E-state index in [9.17, 15) is 14.7 Å². The van der Waals surface area contributed by atoms with Crippen LogP contribution in [-0.4, -0.2) is 16.7 Å². The van der Waals surface area contributed by atoms with E-state index in [-0.39, 0.29) is 11.6 Å². The minimum Gasteiger partial charge on any atom is -0.380 e. The van der Waals surface area contributed by atoms with Gasteiger partial charge >= 0.3 is 0 Å². The fourth-order valence-electron chi connectivity index (χ4n) is 2.38. The molecule has 0 spiro atoms. The molecule has 1 unspecified atom stereocenters. The van der Waals surface area contributed by atoms with Crippen LogP contribution in [0.5, 0.6) is 0 Å². The number of ketones is 2. The van der Waals surface area contributed by atoms with E-state index < -0.39 is 6.10 Å². The third-order valence-electron chi connectivity index (χ3n) is 3.84. The van der Waals surface area contributed by atoms with E-state index >= 15 is 0 Å². The Balaban J connectivity index is 0.000000209. The lowest BCUT2D eigenvalue weighted by atomic mass is 10.0. The first-order valence-electron chi connectivity index (χ1n) is 8.54. The molecule has 3 nitrogen and oxygen atoms in total. The quantitative estimate of drug-likeness (QED) is 0.670. The van der Waals surface area contributed by atoms with Crippen molar-refractivity contribution < 1.29 is 14.7 Å². The highest BCUT2D eigenvalue weighted by atomic mass is 16.3. The zero-order valence-electron chi connectivity index (χ0n) is 14.7. The molecule has 3 aromatic carbocycles. The first kappa shape index (κ1) is 19.3. The van der Waals surface area contributed by atoms with E-state index in [4.69, 9.17) is 0 Å². The predicted molar refractivity (Wildman–Crippen MR) is 103 cm³/mol. The highest BCUT2D eigenvalue weighted by Gasteiger charge is 2.18. The maximum atomic E-state index is 11.9. The van der Waals surface area contributed by atoms with Crippen molar-refractivity contribution in [2.45, 2.75) is 19.4 Å². The number of aliphatic hydroxyl groups is 1. The molecule has 0 saturated carbocycles. The summed E-state index contributed by atoms with van der Waals surface area (Å²) in [5.74, 6) is -0.0626. The van der Waals surface area contributed by atoms with E-state index in [0.717, 1.165) is 5.56 Å². The zero-order chi connectivity index (χ0) is 18.8. The monoisotopic (exact) mass is 346 g/mol. The lowest BCUT2D eigenvalue weighted by molar-refractivity contribution is 0.0747. The third-order valence-corrected chi connectivity index (χ3v) is 3.84. The maximum absolute atomic E-state index is 11.9. The van der Waals surface area contributed by atoms with Crippen LogP contribution >= 0.6 is 0 Å². The second-order valence-corrected chi connectivity index (χ2v) is 5.69. The fourth-order valence-corrected chi connectivity index (χ4v) is 2.38. The Morgan fingerprint density at radius 1 is 0.731 bits per heavy atom. The summed E-state index contributed by atoms with van der Waals surface area (Å²) in [5, 5.41) is 9.89. The molecule has 1 atom stereocenters. The number of Topliss-reactive ketones (excluding diaryl/α,β-unsaturated/α-hetero) is 2. The van der Waals surface area contributed by atoms with Crippen LogP contribution in [0, 0.1) is 0 Å². The van der Waals surface area contributed by atoms with Crippen molar-refractivity contribution in [3.63, 3.8) is 0 Å². The van der Waals surface area contributed by atoms with Gasteiger partial charge in [-0.2, -0.15) is 0 Å². The van der Waals surface area contributed by atoms with Crippen LogP contribution in [0.1, 0.15) is 45.7 Å². The molecule has 1 N–H and O–H groups in total. The van der Waals surface area contributed by atoms with Gasteiger partial charge in [0.15, 0.2) is 11.6 Å². The van der Waals surface area contributed by atoms with Crippen molar-refractivity contribution in [3.05, 3.63) is 108 Å². The number of carbonyl (C=O) groups is 2. The van der Waals surface area contributed by atoms with E-state index in [0.29, 0.717) is 17.5 Å². The number of rotatable bonds is 5. The van der Waals surface area contributed by atoms with E-state index in [2.05, 4.69) is 0 Å². The molecule has 0 aliphatic carbocycles. The van der Waals surface area contributed by atoms with Gasteiger partial charge in [-0.15, -0.1) is 0 Å². The summed E-state index contributed by atoms with van der Waals surface area (Å²) in [4.78, 5) is 22.9. The van der Waals surface area contributed by atoms with Crippen molar-refractivity contribution in [2.24, 2.45) is 0 Å². The summed E-state index contributed by atoms with van der Waals surface area (Å²) in [6.45, 7) is 1.87. The number of aliphatic hydroxyl groups excluding tert-OH is 1. The molecule has 0 radical (unpaired) electrons. The Bertz CT molecular complexity index is 812. The van der Waals surface area contributed by atoms with Crippen LogP contribution in [0.4, 0.5) is 0 Å². The van der Waals surface area contributed by atoms with Crippen LogP contribution in [-0.2, 0) is 0 Å². The van der Waals surface area contributed by atoms with Crippen LogP contribution < -0.4 is 0 Å². The van der Waals surface area contributed by atoms with Gasteiger partial charge in [-0.1, -0.05) is 97.9 Å². The SMILES string of the molecule is CCC(=O)c1ccccc1.O=C(c1ccccc1)C(O)c1ccccc1. The smallest absolute Gasteiger partial charge is 0.195 e. The summed E-state index contributed by atoms with van der Waals surface area (Å²) >= 11 is 0. The van der Waals surface area contributed by atoms with Gasteiger partial charge in [0, 0.05) is 17.5 Å². The number of hydrogen-bond acceptors (Lipinski definition) is 3. The molecule has 3 rings (SSSR count). The second-order valence-electron chi connectivity index (χ2n) is 5.69. The van der Waals surface area contributed by atoms with Crippen molar-refractivity contribution in [2.75, 3.05) is 0 Å². The topological polar surface area (TPSA) is 54.4 Å². The molecule has 26 heavy (non-hydrogen) atoms. The van der Waals surface area contributed by atoms with Gasteiger partial charge in [-0.25, -0.2) is 0 Å². The highest BCUT2D eigenvalue weighted by molar-refractivity contribution is 5.99. The average Bonchev–Trinajstić information content (AvgIpc) is 2.74. The van der Waals surface area contributed by atoms with Crippen LogP contribution in [0.2, 0.25) is 0 Å². The fraction of sp³-hybridized carbons (Fsp3) is 0.130. The average molecular weight is 346 g/mol. The van der Waals surface area contributed by atoms with Gasteiger partial charge in [0.05, 0.1) is 0 Å². The molecular weight excluding hydrogens is 324 g/mol. The van der Waals surface area contributed by atoms with Crippen molar-refractivity contribution in [1.29, 1.82) is 0 Å². The normalized spacial score (nSPS) is 11.0. The maximum Gasteiger partial charge on any atom is 0.195 e. The molecule has 0 saturated heterocycles. The van der Waals surface area contributed by atoms with Gasteiger partial charge in [-0.3, -0.25) is 9.59 Å². The first-order valence-corrected chi connectivity index (χ1v) is 8.54. The molecule has 0 heterocycles.